The molecule has 0 amide bonds. The molecule has 0 radical (unpaired) electrons. The zero-order valence-corrected chi connectivity index (χ0v) is 6.48. The molecule has 10 heavy (non-hydrogen) atoms. The minimum atomic E-state index is -0.611. The predicted octanol–water partition coefficient (Wildman–Crippen LogP) is 2.02. The largest absolute Gasteiger partial charge is 0.385 e. The Morgan fingerprint density at radius 3 is 2.70 bits per heavy atom. The van der Waals surface area contributed by atoms with Crippen LogP contribution in [0.15, 0.2) is 17.9 Å². The van der Waals surface area contributed by atoms with E-state index in [4.69, 9.17) is 0 Å². The van der Waals surface area contributed by atoms with Crippen LogP contribution in [0.5, 0.6) is 0 Å². The van der Waals surface area contributed by atoms with E-state index in [1.165, 1.54) is 6.42 Å². The smallest absolute Gasteiger partial charge is 0.0901 e. The maximum atomic E-state index is 9.69. The summed E-state index contributed by atoms with van der Waals surface area (Å²) in [4.78, 5) is 0. The first-order valence-corrected chi connectivity index (χ1v) is 3.78. The summed E-state index contributed by atoms with van der Waals surface area (Å²) in [5, 5.41) is 9.69. The molecule has 1 nitrogen and oxygen atoms in total. The summed E-state index contributed by atoms with van der Waals surface area (Å²) in [5.41, 5.74) is 3.18. The first-order chi connectivity index (χ1) is 4.67. The normalized spacial score (nSPS) is 33.6. The molecule has 1 rings (SSSR count). The molecule has 1 aliphatic carbocycles. The van der Waals surface area contributed by atoms with Crippen LogP contribution >= 0.6 is 0 Å². The van der Waals surface area contributed by atoms with Gasteiger partial charge in [0.1, 0.15) is 0 Å². The van der Waals surface area contributed by atoms with Gasteiger partial charge in [-0.15, -0.1) is 5.73 Å². The second-order valence-corrected chi connectivity index (χ2v) is 3.14. The van der Waals surface area contributed by atoms with E-state index in [9.17, 15) is 5.11 Å². The van der Waals surface area contributed by atoms with Gasteiger partial charge in [-0.1, -0.05) is 6.58 Å². The van der Waals surface area contributed by atoms with Crippen molar-refractivity contribution in [2.24, 2.45) is 0 Å². The van der Waals surface area contributed by atoms with E-state index in [2.05, 4.69) is 12.3 Å². The molecule has 0 aromatic heterocycles. The van der Waals surface area contributed by atoms with E-state index in [0.29, 0.717) is 0 Å². The Kier molecular flexibility index (Phi) is 1.98. The second kappa shape index (κ2) is 2.61. The average molecular weight is 138 g/mol. The zero-order chi connectivity index (χ0) is 7.61. The van der Waals surface area contributed by atoms with E-state index >= 15 is 0 Å². The van der Waals surface area contributed by atoms with Gasteiger partial charge < -0.3 is 5.11 Å². The third-order valence-electron chi connectivity index (χ3n) is 2.20. The van der Waals surface area contributed by atoms with Gasteiger partial charge in [-0.25, -0.2) is 0 Å². The van der Waals surface area contributed by atoms with Crippen molar-refractivity contribution in [1.82, 2.24) is 0 Å². The van der Waals surface area contributed by atoms with Crippen molar-refractivity contribution in [3.63, 3.8) is 0 Å². The van der Waals surface area contributed by atoms with Crippen LogP contribution in [-0.4, -0.2) is 10.7 Å². The number of hydrogen-bond acceptors (Lipinski definition) is 1. The average Bonchev–Trinajstić information content (AvgIpc) is 1.87. The zero-order valence-electron chi connectivity index (χ0n) is 6.48. The van der Waals surface area contributed by atoms with Gasteiger partial charge in [0.05, 0.1) is 5.60 Å². The SMILES string of the molecule is C=C=C1CCCCC1(C)O. The molecular formula is C9H14O. The van der Waals surface area contributed by atoms with E-state index < -0.39 is 5.60 Å². The summed E-state index contributed by atoms with van der Waals surface area (Å²) in [5.74, 6) is 0. The van der Waals surface area contributed by atoms with Gasteiger partial charge >= 0.3 is 0 Å². The third-order valence-corrected chi connectivity index (χ3v) is 2.20. The molecule has 1 saturated carbocycles. The van der Waals surface area contributed by atoms with Gasteiger partial charge in [-0.3, -0.25) is 0 Å². The number of hydrogen-bond donors (Lipinski definition) is 1. The van der Waals surface area contributed by atoms with Crippen molar-refractivity contribution in [3.8, 4) is 0 Å². The van der Waals surface area contributed by atoms with Crippen LogP contribution in [0.2, 0.25) is 0 Å². The van der Waals surface area contributed by atoms with E-state index in [1.54, 1.807) is 0 Å². The van der Waals surface area contributed by atoms with Gasteiger partial charge in [0.2, 0.25) is 0 Å². The van der Waals surface area contributed by atoms with E-state index in [1.807, 2.05) is 6.92 Å². The van der Waals surface area contributed by atoms with Crippen LogP contribution < -0.4 is 0 Å². The van der Waals surface area contributed by atoms with Crippen molar-refractivity contribution in [1.29, 1.82) is 0 Å². The second-order valence-electron chi connectivity index (χ2n) is 3.14. The minimum absolute atomic E-state index is 0.611. The van der Waals surface area contributed by atoms with Crippen LogP contribution in [0.25, 0.3) is 0 Å². The van der Waals surface area contributed by atoms with E-state index in [0.717, 1.165) is 24.8 Å². The lowest BCUT2D eigenvalue weighted by Crippen LogP contribution is -2.29. The molecule has 0 bridgehead atoms. The van der Waals surface area contributed by atoms with Gasteiger partial charge in [0, 0.05) is 5.57 Å². The maximum absolute atomic E-state index is 9.69. The highest BCUT2D eigenvalue weighted by molar-refractivity contribution is 5.15. The van der Waals surface area contributed by atoms with Crippen LogP contribution in [0.1, 0.15) is 32.6 Å². The van der Waals surface area contributed by atoms with Gasteiger partial charge in [0.15, 0.2) is 0 Å². The molecule has 1 heteroatoms. The van der Waals surface area contributed by atoms with Crippen LogP contribution in [0, 0.1) is 0 Å². The summed E-state index contributed by atoms with van der Waals surface area (Å²) < 4.78 is 0. The fourth-order valence-corrected chi connectivity index (χ4v) is 1.47. The Morgan fingerprint density at radius 2 is 2.30 bits per heavy atom. The number of rotatable bonds is 0. The Bertz CT molecular complexity index is 173. The molecule has 1 atom stereocenters. The summed E-state index contributed by atoms with van der Waals surface area (Å²) in [6, 6.07) is 0. The van der Waals surface area contributed by atoms with Crippen molar-refractivity contribution < 1.29 is 5.11 Å². The molecule has 0 aliphatic heterocycles. The molecule has 0 saturated heterocycles. The molecular weight excluding hydrogens is 124 g/mol. The first kappa shape index (κ1) is 7.59. The van der Waals surface area contributed by atoms with Gasteiger partial charge in [-0.05, 0) is 32.6 Å². The Balaban J connectivity index is 2.79. The highest BCUT2D eigenvalue weighted by Crippen LogP contribution is 2.31. The minimum Gasteiger partial charge on any atom is -0.385 e. The van der Waals surface area contributed by atoms with Crippen molar-refractivity contribution in [2.75, 3.05) is 0 Å². The molecule has 1 N–H and O–H groups in total. The molecule has 0 aromatic rings. The Morgan fingerprint density at radius 1 is 1.60 bits per heavy atom. The summed E-state index contributed by atoms with van der Waals surface area (Å²) in [7, 11) is 0. The fourth-order valence-electron chi connectivity index (χ4n) is 1.47. The Labute approximate surface area is 62.1 Å². The van der Waals surface area contributed by atoms with Crippen molar-refractivity contribution >= 4 is 0 Å². The fraction of sp³-hybridized carbons (Fsp3) is 0.667. The topological polar surface area (TPSA) is 20.2 Å². The molecule has 1 unspecified atom stereocenters. The molecule has 1 aliphatic rings. The molecule has 0 spiro atoms. The monoisotopic (exact) mass is 138 g/mol. The van der Waals surface area contributed by atoms with Gasteiger partial charge in [0.25, 0.3) is 0 Å². The quantitative estimate of drug-likeness (QED) is 0.508. The van der Waals surface area contributed by atoms with Crippen molar-refractivity contribution in [2.45, 2.75) is 38.2 Å². The van der Waals surface area contributed by atoms with Crippen LogP contribution in [0.3, 0.4) is 0 Å². The lowest BCUT2D eigenvalue weighted by molar-refractivity contribution is 0.0712. The highest BCUT2D eigenvalue weighted by Gasteiger charge is 2.27. The molecule has 0 aromatic carbocycles. The third kappa shape index (κ3) is 1.31. The summed E-state index contributed by atoms with van der Waals surface area (Å²) in [6.07, 6.45) is 4.13. The van der Waals surface area contributed by atoms with Crippen LogP contribution in [0.4, 0.5) is 0 Å². The molecule has 56 valence electrons. The lowest BCUT2D eigenvalue weighted by Gasteiger charge is -2.29. The molecule has 1 fully saturated rings. The van der Waals surface area contributed by atoms with Crippen molar-refractivity contribution in [3.05, 3.63) is 17.9 Å². The standard InChI is InChI=1S/C9H14O/c1-3-8-6-4-5-7-9(8,2)10/h10H,1,4-7H2,2H3. The predicted molar refractivity (Wildman–Crippen MR) is 41.7 cm³/mol. The number of aliphatic hydroxyl groups is 1. The van der Waals surface area contributed by atoms with Crippen LogP contribution in [-0.2, 0) is 0 Å². The summed E-state index contributed by atoms with van der Waals surface area (Å²) in [6.45, 7) is 5.40. The Hall–Kier alpha value is -0.520. The van der Waals surface area contributed by atoms with Gasteiger partial charge in [-0.2, -0.15) is 0 Å². The molecule has 0 heterocycles. The highest BCUT2D eigenvalue weighted by atomic mass is 16.3. The maximum Gasteiger partial charge on any atom is 0.0901 e. The lowest BCUT2D eigenvalue weighted by atomic mass is 9.82. The summed E-state index contributed by atoms with van der Waals surface area (Å²) >= 11 is 0. The van der Waals surface area contributed by atoms with E-state index in [-0.39, 0.29) is 0 Å². The first-order valence-electron chi connectivity index (χ1n) is 3.78.